The molecule has 0 bridgehead atoms. The van der Waals surface area contributed by atoms with Crippen molar-refractivity contribution in [3.63, 3.8) is 0 Å². The number of anilines is 1. The second kappa shape index (κ2) is 6.97. The Bertz CT molecular complexity index is 1100. The highest BCUT2D eigenvalue weighted by molar-refractivity contribution is 6.33. The number of aromatic hydroxyl groups is 1. The molecule has 5 nitrogen and oxygen atoms in total. The van der Waals surface area contributed by atoms with Gasteiger partial charge in [-0.25, -0.2) is 0 Å². The number of nitrogens with one attached hydrogen (secondary N) is 1. The van der Waals surface area contributed by atoms with Crippen molar-refractivity contribution in [3.05, 3.63) is 47.0 Å². The van der Waals surface area contributed by atoms with Crippen LogP contribution in [0.1, 0.15) is 25.3 Å². The fourth-order valence-corrected chi connectivity index (χ4v) is 3.94. The summed E-state index contributed by atoms with van der Waals surface area (Å²) in [5, 5.41) is 24.7. The lowest BCUT2D eigenvalue weighted by Gasteiger charge is -2.44. The van der Waals surface area contributed by atoms with Crippen LogP contribution in [-0.2, 0) is 4.74 Å². The summed E-state index contributed by atoms with van der Waals surface area (Å²) in [5.41, 5.74) is 1.40. The van der Waals surface area contributed by atoms with Crippen molar-refractivity contribution in [3.8, 4) is 29.4 Å². The molecule has 2 N–H and O–H groups in total. The largest absolute Gasteiger partial charge is 0.506 e. The number of nitrogens with zero attached hydrogens (tertiary/aromatic N) is 2. The number of halogens is 1. The number of rotatable bonds is 4. The van der Waals surface area contributed by atoms with Gasteiger partial charge in [0.15, 0.2) is 5.82 Å². The van der Waals surface area contributed by atoms with E-state index in [0.29, 0.717) is 22.6 Å². The third-order valence-corrected chi connectivity index (χ3v) is 5.79. The number of hydrogen-bond acceptors (Lipinski definition) is 5. The fraction of sp³-hybridized carbons (Fsp3) is 0.273. The molecule has 1 heterocycles. The van der Waals surface area contributed by atoms with Gasteiger partial charge in [0, 0.05) is 35.1 Å². The van der Waals surface area contributed by atoms with E-state index in [0.717, 1.165) is 23.6 Å². The molecule has 1 aromatic heterocycles. The maximum absolute atomic E-state index is 10.5. The molecule has 1 fully saturated rings. The van der Waals surface area contributed by atoms with Crippen LogP contribution < -0.4 is 5.32 Å². The highest BCUT2D eigenvalue weighted by Gasteiger charge is 2.40. The molecule has 0 saturated heterocycles. The third kappa shape index (κ3) is 3.05. The van der Waals surface area contributed by atoms with Gasteiger partial charge in [0.25, 0.3) is 0 Å². The SMILES string of the molecule is C#Cc1ccc(-c2nnc(NC3CC(C)(OC)C3)c3ccccc23)c(O)c1Cl. The second-order valence-corrected chi connectivity index (χ2v) is 7.69. The number of aromatic nitrogens is 2. The molecular formula is C22H20ClN3O2. The molecule has 28 heavy (non-hydrogen) atoms. The molecule has 2 aromatic carbocycles. The number of terminal acetylenes is 1. The summed E-state index contributed by atoms with van der Waals surface area (Å²) in [6, 6.07) is 11.5. The summed E-state index contributed by atoms with van der Waals surface area (Å²) in [6.45, 7) is 2.10. The molecule has 3 aromatic rings. The highest BCUT2D eigenvalue weighted by atomic mass is 35.5. The van der Waals surface area contributed by atoms with E-state index in [9.17, 15) is 5.11 Å². The van der Waals surface area contributed by atoms with Gasteiger partial charge in [-0.05, 0) is 31.9 Å². The zero-order valence-electron chi connectivity index (χ0n) is 15.7. The van der Waals surface area contributed by atoms with Crippen LogP contribution in [0.3, 0.4) is 0 Å². The summed E-state index contributed by atoms with van der Waals surface area (Å²) in [4.78, 5) is 0. The maximum atomic E-state index is 10.5. The van der Waals surface area contributed by atoms with Crippen LogP contribution in [0.2, 0.25) is 5.02 Å². The van der Waals surface area contributed by atoms with E-state index in [1.807, 2.05) is 24.3 Å². The van der Waals surface area contributed by atoms with Crippen LogP contribution in [0.25, 0.3) is 22.0 Å². The molecule has 6 heteroatoms. The van der Waals surface area contributed by atoms with Gasteiger partial charge in [0.2, 0.25) is 0 Å². The Labute approximate surface area is 168 Å². The molecule has 4 rings (SSSR count). The Kier molecular flexibility index (Phi) is 4.62. The van der Waals surface area contributed by atoms with E-state index in [1.54, 1.807) is 19.2 Å². The first-order valence-electron chi connectivity index (χ1n) is 9.01. The van der Waals surface area contributed by atoms with E-state index in [2.05, 4.69) is 28.4 Å². The molecule has 1 saturated carbocycles. The first kappa shape index (κ1) is 18.5. The van der Waals surface area contributed by atoms with Crippen LogP contribution in [0.5, 0.6) is 5.75 Å². The van der Waals surface area contributed by atoms with Crippen LogP contribution in [0.4, 0.5) is 5.82 Å². The zero-order chi connectivity index (χ0) is 19.9. The van der Waals surface area contributed by atoms with Gasteiger partial charge < -0.3 is 15.2 Å². The Morgan fingerprint density at radius 2 is 1.93 bits per heavy atom. The first-order chi connectivity index (χ1) is 13.5. The normalized spacial score (nSPS) is 21.1. The Balaban J connectivity index is 1.75. The quantitative estimate of drug-likeness (QED) is 0.633. The van der Waals surface area contributed by atoms with Crippen molar-refractivity contribution in [1.82, 2.24) is 10.2 Å². The predicted molar refractivity (Wildman–Crippen MR) is 112 cm³/mol. The monoisotopic (exact) mass is 393 g/mol. The molecule has 0 amide bonds. The summed E-state index contributed by atoms with van der Waals surface area (Å²) < 4.78 is 5.52. The van der Waals surface area contributed by atoms with Crippen molar-refractivity contribution in [2.45, 2.75) is 31.4 Å². The van der Waals surface area contributed by atoms with Gasteiger partial charge in [-0.2, -0.15) is 0 Å². The van der Waals surface area contributed by atoms with E-state index in [-0.39, 0.29) is 22.4 Å². The lowest BCUT2D eigenvalue weighted by molar-refractivity contribution is -0.0625. The number of hydrogen-bond donors (Lipinski definition) is 2. The number of ether oxygens (including phenoxy) is 1. The van der Waals surface area contributed by atoms with E-state index in [1.165, 1.54) is 0 Å². The molecule has 0 atom stereocenters. The number of benzene rings is 2. The Hall–Kier alpha value is -2.81. The smallest absolute Gasteiger partial charge is 0.156 e. The molecule has 0 aliphatic heterocycles. The standard InChI is InChI=1S/C22H20ClN3O2/c1-4-13-9-10-17(20(27)18(13)23)19-15-7-5-6-8-16(15)21(26-25-19)24-14-11-22(2,12-14)28-3/h1,5-10,14,27H,11-12H2,2-3H3,(H,24,26). The number of methoxy groups -OCH3 is 1. The molecule has 0 radical (unpaired) electrons. The average Bonchev–Trinajstić information content (AvgIpc) is 2.69. The number of fused-ring (bicyclic) bond motifs is 1. The van der Waals surface area contributed by atoms with Gasteiger partial charge in [0.1, 0.15) is 11.4 Å². The minimum absolute atomic E-state index is 0.0812. The van der Waals surface area contributed by atoms with Crippen LogP contribution in [0.15, 0.2) is 36.4 Å². The van der Waals surface area contributed by atoms with Crippen molar-refractivity contribution in [2.75, 3.05) is 12.4 Å². The Morgan fingerprint density at radius 1 is 1.21 bits per heavy atom. The van der Waals surface area contributed by atoms with Crippen molar-refractivity contribution in [2.24, 2.45) is 0 Å². The molecular weight excluding hydrogens is 374 g/mol. The van der Waals surface area contributed by atoms with Gasteiger partial charge in [-0.3, -0.25) is 0 Å². The lowest BCUT2D eigenvalue weighted by atomic mass is 9.77. The minimum Gasteiger partial charge on any atom is -0.506 e. The van der Waals surface area contributed by atoms with E-state index in [4.69, 9.17) is 22.8 Å². The summed E-state index contributed by atoms with van der Waals surface area (Å²) >= 11 is 6.20. The van der Waals surface area contributed by atoms with Crippen molar-refractivity contribution >= 4 is 28.2 Å². The predicted octanol–water partition coefficient (Wildman–Crippen LogP) is 4.62. The molecule has 1 aliphatic rings. The second-order valence-electron chi connectivity index (χ2n) is 7.31. The van der Waals surface area contributed by atoms with E-state index >= 15 is 0 Å². The molecule has 142 valence electrons. The van der Waals surface area contributed by atoms with Crippen LogP contribution in [-0.4, -0.2) is 34.1 Å². The zero-order valence-corrected chi connectivity index (χ0v) is 16.4. The first-order valence-corrected chi connectivity index (χ1v) is 9.39. The van der Waals surface area contributed by atoms with Crippen molar-refractivity contribution in [1.29, 1.82) is 0 Å². The Morgan fingerprint density at radius 3 is 2.61 bits per heavy atom. The molecule has 0 spiro atoms. The van der Waals surface area contributed by atoms with Crippen LogP contribution >= 0.6 is 11.6 Å². The van der Waals surface area contributed by atoms with Crippen molar-refractivity contribution < 1.29 is 9.84 Å². The number of phenolic OH excluding ortho intramolecular Hbond substituents is 1. The topological polar surface area (TPSA) is 67.3 Å². The summed E-state index contributed by atoms with van der Waals surface area (Å²) in [7, 11) is 1.74. The summed E-state index contributed by atoms with van der Waals surface area (Å²) in [5.74, 6) is 3.08. The number of phenols is 1. The van der Waals surface area contributed by atoms with E-state index < -0.39 is 0 Å². The average molecular weight is 394 g/mol. The lowest BCUT2D eigenvalue weighted by Crippen LogP contribution is -2.49. The molecule has 1 aliphatic carbocycles. The maximum Gasteiger partial charge on any atom is 0.156 e. The molecule has 0 unspecified atom stereocenters. The van der Waals surface area contributed by atoms with Gasteiger partial charge in [0.05, 0.1) is 10.6 Å². The van der Waals surface area contributed by atoms with Gasteiger partial charge in [-0.15, -0.1) is 16.6 Å². The minimum atomic E-state index is -0.0906. The highest BCUT2D eigenvalue weighted by Crippen LogP contribution is 2.41. The van der Waals surface area contributed by atoms with Gasteiger partial charge in [-0.1, -0.05) is 41.8 Å². The third-order valence-electron chi connectivity index (χ3n) is 5.40. The summed E-state index contributed by atoms with van der Waals surface area (Å²) in [6.07, 6.45) is 7.24. The van der Waals surface area contributed by atoms with Gasteiger partial charge >= 0.3 is 0 Å². The fourth-order valence-electron chi connectivity index (χ4n) is 3.72. The van der Waals surface area contributed by atoms with Crippen LogP contribution in [0, 0.1) is 12.3 Å².